The molecule has 0 aliphatic carbocycles. The molecule has 0 spiro atoms. The Kier molecular flexibility index (Phi) is 6.12. The number of aliphatic hydroxyl groups excluding tert-OH is 2. The van der Waals surface area contributed by atoms with Crippen LogP contribution in [-0.4, -0.2) is 61.2 Å². The SMILES string of the molecule is OC1CCOCC1F.OC1CCOCC1F. The molecule has 4 nitrogen and oxygen atoms in total. The van der Waals surface area contributed by atoms with E-state index in [-0.39, 0.29) is 13.2 Å². The van der Waals surface area contributed by atoms with Crippen LogP contribution >= 0.6 is 0 Å². The predicted molar refractivity (Wildman–Crippen MR) is 52.7 cm³/mol. The summed E-state index contributed by atoms with van der Waals surface area (Å²) in [5, 5.41) is 17.4. The molecule has 0 saturated carbocycles. The first-order valence-corrected chi connectivity index (χ1v) is 5.41. The molecule has 2 aliphatic heterocycles. The average Bonchev–Trinajstić information content (AvgIpc) is 2.28. The second-order valence-electron chi connectivity index (χ2n) is 3.89. The van der Waals surface area contributed by atoms with E-state index in [1.165, 1.54) is 0 Å². The first kappa shape index (κ1) is 13.8. The van der Waals surface area contributed by atoms with E-state index in [0.717, 1.165) is 0 Å². The van der Waals surface area contributed by atoms with Gasteiger partial charge < -0.3 is 19.7 Å². The molecule has 0 radical (unpaired) electrons. The van der Waals surface area contributed by atoms with Gasteiger partial charge in [0.2, 0.25) is 0 Å². The number of rotatable bonds is 0. The lowest BCUT2D eigenvalue weighted by Crippen LogP contribution is -2.32. The molecule has 0 aromatic carbocycles. The van der Waals surface area contributed by atoms with Crippen molar-refractivity contribution in [3.05, 3.63) is 0 Å². The minimum atomic E-state index is -1.16. The summed E-state index contributed by atoms with van der Waals surface area (Å²) in [6.07, 6.45) is -3.04. The smallest absolute Gasteiger partial charge is 0.149 e. The molecule has 96 valence electrons. The topological polar surface area (TPSA) is 58.9 Å². The van der Waals surface area contributed by atoms with Crippen LogP contribution in [0.3, 0.4) is 0 Å². The van der Waals surface area contributed by atoms with Gasteiger partial charge in [0.15, 0.2) is 0 Å². The highest BCUT2D eigenvalue weighted by atomic mass is 19.1. The molecule has 6 heteroatoms. The standard InChI is InChI=1S/2C5H9FO2/c2*6-4-3-8-2-1-5(4)7/h2*4-5,7H,1-3H2. The molecular weight excluding hydrogens is 222 g/mol. The molecule has 2 rings (SSSR count). The van der Waals surface area contributed by atoms with Gasteiger partial charge in [-0.05, 0) is 12.8 Å². The summed E-state index contributed by atoms with van der Waals surface area (Å²) in [5.41, 5.74) is 0. The Hall–Kier alpha value is -0.300. The highest BCUT2D eigenvalue weighted by Gasteiger charge is 2.22. The molecular formula is C10H18F2O4. The molecule has 16 heavy (non-hydrogen) atoms. The van der Waals surface area contributed by atoms with E-state index in [4.69, 9.17) is 19.7 Å². The highest BCUT2D eigenvalue weighted by molar-refractivity contribution is 4.70. The van der Waals surface area contributed by atoms with Crippen LogP contribution in [0.2, 0.25) is 0 Å². The lowest BCUT2D eigenvalue weighted by Gasteiger charge is -2.20. The van der Waals surface area contributed by atoms with E-state index in [1.807, 2.05) is 0 Å². The molecule has 0 aromatic heterocycles. The number of hydrogen-bond donors (Lipinski definition) is 2. The lowest BCUT2D eigenvalue weighted by molar-refractivity contribution is -0.0494. The normalized spacial score (nSPS) is 39.8. The monoisotopic (exact) mass is 240 g/mol. The summed E-state index contributed by atoms with van der Waals surface area (Å²) < 4.78 is 33.8. The summed E-state index contributed by atoms with van der Waals surface area (Å²) in [6.45, 7) is 1.09. The van der Waals surface area contributed by atoms with Crippen LogP contribution < -0.4 is 0 Å². The number of halogens is 2. The van der Waals surface area contributed by atoms with Crippen LogP contribution in [0.5, 0.6) is 0 Å². The number of alkyl halides is 2. The third-order valence-corrected chi connectivity index (χ3v) is 2.51. The van der Waals surface area contributed by atoms with Gasteiger partial charge in [-0.2, -0.15) is 0 Å². The van der Waals surface area contributed by atoms with Crippen molar-refractivity contribution in [2.45, 2.75) is 37.4 Å². The van der Waals surface area contributed by atoms with Crippen molar-refractivity contribution in [3.63, 3.8) is 0 Å². The summed E-state index contributed by atoms with van der Waals surface area (Å²) in [4.78, 5) is 0. The van der Waals surface area contributed by atoms with Crippen LogP contribution in [0, 0.1) is 0 Å². The van der Waals surface area contributed by atoms with E-state index in [2.05, 4.69) is 0 Å². The van der Waals surface area contributed by atoms with Gasteiger partial charge in [0.05, 0.1) is 25.4 Å². The van der Waals surface area contributed by atoms with Crippen LogP contribution in [0.15, 0.2) is 0 Å². The largest absolute Gasteiger partial charge is 0.390 e. The van der Waals surface area contributed by atoms with Crippen LogP contribution in [0.1, 0.15) is 12.8 Å². The van der Waals surface area contributed by atoms with E-state index >= 15 is 0 Å². The van der Waals surface area contributed by atoms with E-state index in [9.17, 15) is 8.78 Å². The second kappa shape index (κ2) is 7.11. The van der Waals surface area contributed by atoms with Crippen molar-refractivity contribution in [1.82, 2.24) is 0 Å². The molecule has 2 saturated heterocycles. The van der Waals surface area contributed by atoms with Crippen molar-refractivity contribution < 1.29 is 28.5 Å². The quantitative estimate of drug-likeness (QED) is 0.635. The van der Waals surface area contributed by atoms with Crippen LogP contribution in [-0.2, 0) is 9.47 Å². The zero-order valence-corrected chi connectivity index (χ0v) is 9.02. The third-order valence-electron chi connectivity index (χ3n) is 2.51. The zero-order chi connectivity index (χ0) is 12.0. The van der Waals surface area contributed by atoms with Crippen molar-refractivity contribution >= 4 is 0 Å². The van der Waals surface area contributed by atoms with Crippen molar-refractivity contribution in [1.29, 1.82) is 0 Å². The predicted octanol–water partition coefficient (Wildman–Crippen LogP) is 0.211. The van der Waals surface area contributed by atoms with Gasteiger partial charge in [0.25, 0.3) is 0 Å². The maximum absolute atomic E-state index is 12.2. The lowest BCUT2D eigenvalue weighted by atomic mass is 10.1. The summed E-state index contributed by atoms with van der Waals surface area (Å²) in [6, 6.07) is 0. The first-order valence-electron chi connectivity index (χ1n) is 5.41. The molecule has 2 heterocycles. The maximum Gasteiger partial charge on any atom is 0.149 e. The van der Waals surface area contributed by atoms with Gasteiger partial charge in [-0.3, -0.25) is 0 Å². The number of hydrogen-bond acceptors (Lipinski definition) is 4. The van der Waals surface area contributed by atoms with Crippen molar-refractivity contribution in [3.8, 4) is 0 Å². The second-order valence-corrected chi connectivity index (χ2v) is 3.89. The summed E-state index contributed by atoms with van der Waals surface area (Å²) in [7, 11) is 0. The van der Waals surface area contributed by atoms with Gasteiger partial charge >= 0.3 is 0 Å². The first-order chi connectivity index (χ1) is 7.61. The highest BCUT2D eigenvalue weighted by Crippen LogP contribution is 2.10. The average molecular weight is 240 g/mol. The Bertz CT molecular complexity index is 154. The third kappa shape index (κ3) is 4.69. The Balaban J connectivity index is 0.000000160. The molecule has 4 atom stereocenters. The molecule has 0 aromatic rings. The van der Waals surface area contributed by atoms with E-state index in [1.54, 1.807) is 0 Å². The minimum absolute atomic E-state index is 0.0567. The van der Waals surface area contributed by atoms with Crippen molar-refractivity contribution in [2.75, 3.05) is 26.4 Å². The maximum atomic E-state index is 12.2. The molecule has 2 aliphatic rings. The molecule has 2 fully saturated rings. The minimum Gasteiger partial charge on any atom is -0.390 e. The fraction of sp³-hybridized carbons (Fsp3) is 1.00. The van der Waals surface area contributed by atoms with Gasteiger partial charge in [0, 0.05) is 13.2 Å². The fourth-order valence-electron chi connectivity index (χ4n) is 1.38. The van der Waals surface area contributed by atoms with Gasteiger partial charge in [-0.15, -0.1) is 0 Å². The van der Waals surface area contributed by atoms with Crippen LogP contribution in [0.4, 0.5) is 8.78 Å². The van der Waals surface area contributed by atoms with Gasteiger partial charge in [0.1, 0.15) is 12.3 Å². The number of aliphatic hydroxyl groups is 2. The van der Waals surface area contributed by atoms with Gasteiger partial charge in [-0.25, -0.2) is 8.78 Å². The molecule has 4 unspecified atom stereocenters. The van der Waals surface area contributed by atoms with E-state index in [0.29, 0.717) is 26.1 Å². The van der Waals surface area contributed by atoms with Gasteiger partial charge in [-0.1, -0.05) is 0 Å². The zero-order valence-electron chi connectivity index (χ0n) is 9.02. The Morgan fingerprint density at radius 1 is 0.812 bits per heavy atom. The van der Waals surface area contributed by atoms with E-state index < -0.39 is 24.6 Å². The molecule has 0 bridgehead atoms. The molecule has 2 N–H and O–H groups in total. The summed E-state index contributed by atoms with van der Waals surface area (Å²) >= 11 is 0. The number of ether oxygens (including phenoxy) is 2. The van der Waals surface area contributed by atoms with Crippen LogP contribution in [0.25, 0.3) is 0 Å². The van der Waals surface area contributed by atoms with Crippen molar-refractivity contribution in [2.24, 2.45) is 0 Å². The Labute approximate surface area is 93.2 Å². The Morgan fingerprint density at radius 2 is 1.19 bits per heavy atom. The Morgan fingerprint density at radius 3 is 1.38 bits per heavy atom. The fourth-order valence-corrected chi connectivity index (χ4v) is 1.38. The molecule has 0 amide bonds. The summed E-state index contributed by atoms with van der Waals surface area (Å²) in [5.74, 6) is 0.